The van der Waals surface area contributed by atoms with Gasteiger partial charge in [0.25, 0.3) is 5.91 Å². The summed E-state index contributed by atoms with van der Waals surface area (Å²) < 4.78 is 15.6. The van der Waals surface area contributed by atoms with Gasteiger partial charge in [0, 0.05) is 22.9 Å². The van der Waals surface area contributed by atoms with E-state index < -0.39 is 0 Å². The van der Waals surface area contributed by atoms with Crippen LogP contribution in [0.3, 0.4) is 0 Å². The summed E-state index contributed by atoms with van der Waals surface area (Å²) >= 11 is 3.38. The van der Waals surface area contributed by atoms with Crippen LogP contribution in [0.5, 0.6) is 0 Å². The Balaban J connectivity index is 1.70. The zero-order valence-electron chi connectivity index (χ0n) is 15.3. The van der Waals surface area contributed by atoms with Crippen LogP contribution in [0, 0.1) is 12.7 Å². The predicted octanol–water partition coefficient (Wildman–Crippen LogP) is 3.79. The topological polar surface area (TPSA) is 67.2 Å². The molecule has 0 saturated heterocycles. The number of imidazole rings is 1. The van der Waals surface area contributed by atoms with E-state index >= 15 is 0 Å². The highest BCUT2D eigenvalue weighted by Gasteiger charge is 2.20. The SMILES string of the molecule is Cc1cc(Br)ccc1NC(=O)CN(C)C(=O)c1cncn1-c1ccc(F)cc1. The van der Waals surface area contributed by atoms with E-state index in [0.717, 1.165) is 10.0 Å². The number of anilines is 1. The third kappa shape index (κ3) is 4.45. The Morgan fingerprint density at radius 2 is 1.93 bits per heavy atom. The van der Waals surface area contributed by atoms with Crippen molar-refractivity contribution >= 4 is 33.4 Å². The zero-order valence-corrected chi connectivity index (χ0v) is 16.9. The van der Waals surface area contributed by atoms with Crippen LogP contribution in [0.1, 0.15) is 16.1 Å². The number of carbonyl (C=O) groups is 2. The summed E-state index contributed by atoms with van der Waals surface area (Å²) in [7, 11) is 1.54. The lowest BCUT2D eigenvalue weighted by Gasteiger charge is -2.18. The summed E-state index contributed by atoms with van der Waals surface area (Å²) in [5.74, 6) is -1.05. The average molecular weight is 445 g/mol. The quantitative estimate of drug-likeness (QED) is 0.650. The first-order valence-corrected chi connectivity index (χ1v) is 9.24. The van der Waals surface area contributed by atoms with Crippen molar-refractivity contribution in [2.45, 2.75) is 6.92 Å². The molecule has 0 spiro atoms. The molecule has 0 aliphatic rings. The van der Waals surface area contributed by atoms with Crippen molar-refractivity contribution in [3.8, 4) is 5.69 Å². The van der Waals surface area contributed by atoms with Crippen molar-refractivity contribution in [1.82, 2.24) is 14.5 Å². The number of benzene rings is 2. The van der Waals surface area contributed by atoms with Crippen LogP contribution in [0.15, 0.2) is 59.5 Å². The number of nitrogens with one attached hydrogen (secondary N) is 1. The maximum Gasteiger partial charge on any atom is 0.272 e. The van der Waals surface area contributed by atoms with Crippen LogP contribution in [0.4, 0.5) is 10.1 Å². The smallest absolute Gasteiger partial charge is 0.272 e. The zero-order chi connectivity index (χ0) is 20.3. The standard InChI is InChI=1S/C20H18BrFN4O2/c1-13-9-14(21)3-8-17(13)24-19(27)11-25(2)20(28)18-10-23-12-26(18)16-6-4-15(22)5-7-16/h3-10,12H,11H2,1-2H3,(H,24,27). The number of halogens is 2. The molecule has 0 aliphatic carbocycles. The maximum absolute atomic E-state index is 13.1. The first kappa shape index (κ1) is 19.8. The van der Waals surface area contributed by atoms with Crippen molar-refractivity contribution in [3.63, 3.8) is 0 Å². The lowest BCUT2D eigenvalue weighted by atomic mass is 10.2. The summed E-state index contributed by atoms with van der Waals surface area (Å²) in [5, 5.41) is 2.80. The fourth-order valence-corrected chi connectivity index (χ4v) is 3.18. The van der Waals surface area contributed by atoms with E-state index in [1.807, 2.05) is 19.1 Å². The third-order valence-electron chi connectivity index (χ3n) is 4.15. The normalized spacial score (nSPS) is 10.6. The summed E-state index contributed by atoms with van der Waals surface area (Å²) in [4.78, 5) is 30.4. The highest BCUT2D eigenvalue weighted by molar-refractivity contribution is 9.10. The lowest BCUT2D eigenvalue weighted by Crippen LogP contribution is -2.35. The summed E-state index contributed by atoms with van der Waals surface area (Å²) in [6.07, 6.45) is 2.89. The highest BCUT2D eigenvalue weighted by Crippen LogP contribution is 2.20. The molecule has 0 atom stereocenters. The Bertz CT molecular complexity index is 1020. The molecule has 2 aromatic carbocycles. The predicted molar refractivity (Wildman–Crippen MR) is 108 cm³/mol. The second kappa shape index (κ2) is 8.35. The molecule has 144 valence electrons. The van der Waals surface area contributed by atoms with Crippen LogP contribution >= 0.6 is 15.9 Å². The Kier molecular flexibility index (Phi) is 5.89. The van der Waals surface area contributed by atoms with Crippen molar-refractivity contribution in [2.75, 3.05) is 18.9 Å². The van der Waals surface area contributed by atoms with E-state index in [9.17, 15) is 14.0 Å². The minimum atomic E-state index is -0.371. The van der Waals surface area contributed by atoms with Gasteiger partial charge in [-0.15, -0.1) is 0 Å². The fourth-order valence-electron chi connectivity index (χ4n) is 2.70. The first-order valence-electron chi connectivity index (χ1n) is 8.45. The van der Waals surface area contributed by atoms with E-state index in [-0.39, 0.29) is 29.9 Å². The maximum atomic E-state index is 13.1. The number of aromatic nitrogens is 2. The van der Waals surface area contributed by atoms with Gasteiger partial charge in [-0.3, -0.25) is 14.2 Å². The van der Waals surface area contributed by atoms with Crippen LogP contribution in [0.25, 0.3) is 5.69 Å². The molecular weight excluding hydrogens is 427 g/mol. The minimum Gasteiger partial charge on any atom is -0.331 e. The molecule has 0 radical (unpaired) electrons. The molecule has 1 aromatic heterocycles. The van der Waals surface area contributed by atoms with Crippen LogP contribution in [-0.2, 0) is 4.79 Å². The van der Waals surface area contributed by atoms with Crippen molar-refractivity contribution < 1.29 is 14.0 Å². The number of aryl methyl sites for hydroxylation is 1. The number of rotatable bonds is 5. The van der Waals surface area contributed by atoms with Gasteiger partial charge in [-0.05, 0) is 55.0 Å². The second-order valence-corrected chi connectivity index (χ2v) is 7.21. The van der Waals surface area contributed by atoms with E-state index in [4.69, 9.17) is 0 Å². The van der Waals surface area contributed by atoms with E-state index in [2.05, 4.69) is 26.2 Å². The molecule has 0 fully saturated rings. The number of amides is 2. The molecule has 1 heterocycles. The molecule has 1 N–H and O–H groups in total. The summed E-state index contributed by atoms with van der Waals surface area (Å²) in [6.45, 7) is 1.76. The molecule has 3 aromatic rings. The number of carbonyl (C=O) groups excluding carboxylic acids is 2. The van der Waals surface area contributed by atoms with Gasteiger partial charge in [-0.1, -0.05) is 15.9 Å². The van der Waals surface area contributed by atoms with Gasteiger partial charge in [0.05, 0.1) is 19.1 Å². The van der Waals surface area contributed by atoms with Gasteiger partial charge in [-0.25, -0.2) is 9.37 Å². The third-order valence-corrected chi connectivity index (χ3v) is 4.65. The number of hydrogen-bond acceptors (Lipinski definition) is 3. The molecule has 0 bridgehead atoms. The van der Waals surface area contributed by atoms with E-state index in [1.54, 1.807) is 29.8 Å². The summed E-state index contributed by atoms with van der Waals surface area (Å²) in [6, 6.07) is 11.2. The van der Waals surface area contributed by atoms with Gasteiger partial charge < -0.3 is 10.2 Å². The van der Waals surface area contributed by atoms with Crippen LogP contribution < -0.4 is 5.32 Å². The Morgan fingerprint density at radius 3 is 2.61 bits per heavy atom. The molecular formula is C20H18BrFN4O2. The van der Waals surface area contributed by atoms with Gasteiger partial charge in [0.1, 0.15) is 11.5 Å². The molecule has 8 heteroatoms. The number of likely N-dealkylation sites (N-methyl/N-ethyl adjacent to an activating group) is 1. The Hall–Kier alpha value is -3.00. The van der Waals surface area contributed by atoms with E-state index in [0.29, 0.717) is 11.4 Å². The van der Waals surface area contributed by atoms with Crippen molar-refractivity contribution in [1.29, 1.82) is 0 Å². The largest absolute Gasteiger partial charge is 0.331 e. The molecule has 2 amide bonds. The lowest BCUT2D eigenvalue weighted by molar-refractivity contribution is -0.116. The highest BCUT2D eigenvalue weighted by atomic mass is 79.9. The van der Waals surface area contributed by atoms with Crippen molar-refractivity contribution in [2.24, 2.45) is 0 Å². The van der Waals surface area contributed by atoms with Gasteiger partial charge in [-0.2, -0.15) is 0 Å². The van der Waals surface area contributed by atoms with Crippen LogP contribution in [-0.4, -0.2) is 39.9 Å². The first-order chi connectivity index (χ1) is 13.3. The molecule has 6 nitrogen and oxygen atoms in total. The number of nitrogens with zero attached hydrogens (tertiary/aromatic N) is 3. The van der Waals surface area contributed by atoms with Crippen LogP contribution in [0.2, 0.25) is 0 Å². The molecule has 28 heavy (non-hydrogen) atoms. The molecule has 3 rings (SSSR count). The molecule has 0 aliphatic heterocycles. The second-order valence-electron chi connectivity index (χ2n) is 6.29. The molecule has 0 saturated carbocycles. The van der Waals surface area contributed by atoms with Gasteiger partial charge >= 0.3 is 0 Å². The van der Waals surface area contributed by atoms with Crippen molar-refractivity contribution in [3.05, 3.63) is 76.5 Å². The Labute approximate surface area is 170 Å². The number of hydrogen-bond donors (Lipinski definition) is 1. The summed E-state index contributed by atoms with van der Waals surface area (Å²) in [5.41, 5.74) is 2.48. The molecule has 0 unspecified atom stereocenters. The fraction of sp³-hybridized carbons (Fsp3) is 0.150. The van der Waals surface area contributed by atoms with Gasteiger partial charge in [0.2, 0.25) is 5.91 Å². The van der Waals surface area contributed by atoms with E-state index in [1.165, 1.54) is 29.6 Å². The Morgan fingerprint density at radius 1 is 1.21 bits per heavy atom. The van der Waals surface area contributed by atoms with Gasteiger partial charge in [0.15, 0.2) is 0 Å². The average Bonchev–Trinajstić information content (AvgIpc) is 3.13. The minimum absolute atomic E-state index is 0.122. The monoisotopic (exact) mass is 444 g/mol.